The highest BCUT2D eigenvalue weighted by Gasteiger charge is 2.07. The Morgan fingerprint density at radius 2 is 2.33 bits per heavy atom. The molecule has 0 spiro atoms. The highest BCUT2D eigenvalue weighted by molar-refractivity contribution is 7.99. The average Bonchev–Trinajstić information content (AvgIpc) is 2.63. The van der Waals surface area contributed by atoms with Gasteiger partial charge in [-0.15, -0.1) is 0 Å². The highest BCUT2D eigenvalue weighted by atomic mass is 32.2. The number of thiocarbonyl (C=S) groups is 1. The highest BCUT2D eigenvalue weighted by Crippen LogP contribution is 2.10. The van der Waals surface area contributed by atoms with E-state index in [2.05, 4.69) is 28.2 Å². The molecular weight excluding hydrogens is 228 g/mol. The van der Waals surface area contributed by atoms with Gasteiger partial charge >= 0.3 is 0 Å². The molecule has 6 heteroatoms. The predicted molar refractivity (Wildman–Crippen MR) is 70.8 cm³/mol. The summed E-state index contributed by atoms with van der Waals surface area (Å²) >= 11 is 6.86. The first-order valence-corrected chi connectivity index (χ1v) is 6.51. The molecule has 0 amide bonds. The van der Waals surface area contributed by atoms with E-state index in [1.165, 1.54) is 11.4 Å². The molecule has 0 saturated heterocycles. The summed E-state index contributed by atoms with van der Waals surface area (Å²) in [6, 6.07) is 0. The fourth-order valence-corrected chi connectivity index (χ4v) is 2.20. The molecule has 1 aliphatic heterocycles. The van der Waals surface area contributed by atoms with E-state index in [1.54, 1.807) is 0 Å². The summed E-state index contributed by atoms with van der Waals surface area (Å²) in [5, 5.41) is 13.3. The van der Waals surface area contributed by atoms with Crippen LogP contribution in [-0.2, 0) is 0 Å². The molecule has 1 aliphatic rings. The summed E-state index contributed by atoms with van der Waals surface area (Å²) in [7, 11) is 1.82. The Balaban J connectivity index is 2.02. The molecule has 0 unspecified atom stereocenters. The van der Waals surface area contributed by atoms with E-state index < -0.39 is 0 Å². The molecule has 0 aromatic heterocycles. The van der Waals surface area contributed by atoms with Crippen LogP contribution in [0.25, 0.3) is 0 Å². The van der Waals surface area contributed by atoms with Crippen molar-refractivity contribution >= 4 is 29.1 Å². The molecule has 1 heterocycles. The van der Waals surface area contributed by atoms with E-state index in [9.17, 15) is 0 Å². The van der Waals surface area contributed by atoms with Crippen molar-refractivity contribution in [1.29, 1.82) is 0 Å². The summed E-state index contributed by atoms with van der Waals surface area (Å²) in [6.45, 7) is 3.87. The monoisotopic (exact) mass is 246 g/mol. The summed E-state index contributed by atoms with van der Waals surface area (Å²) < 4.78 is 0. The second kappa shape index (κ2) is 6.79. The Morgan fingerprint density at radius 1 is 1.53 bits per heavy atom. The Hall–Kier alpha value is -0.620. The maximum absolute atomic E-state index is 4.97. The second-order valence-electron chi connectivity index (χ2n) is 3.19. The van der Waals surface area contributed by atoms with E-state index in [-0.39, 0.29) is 0 Å². The Bertz CT molecular complexity index is 252. The van der Waals surface area contributed by atoms with Crippen LogP contribution in [0.4, 0.5) is 0 Å². The molecule has 0 bridgehead atoms. The quantitative estimate of drug-likeness (QED) is 0.411. The molecule has 0 aliphatic carbocycles. The molecule has 0 radical (unpaired) electrons. The fraction of sp³-hybridized carbons (Fsp3) is 0.667. The lowest BCUT2D eigenvalue weighted by molar-refractivity contribution is 0.799. The molecule has 1 rings (SSSR count). The number of hydrogen-bond donors (Lipinski definition) is 4. The third-order valence-electron chi connectivity index (χ3n) is 2.11. The molecular formula is C9H18N4S2. The van der Waals surface area contributed by atoms with Gasteiger partial charge in [-0.1, -0.05) is 0 Å². The molecule has 0 aromatic carbocycles. The summed E-state index contributed by atoms with van der Waals surface area (Å²) in [4.78, 5) is 0. The van der Waals surface area contributed by atoms with Crippen molar-refractivity contribution in [2.45, 2.75) is 6.92 Å². The van der Waals surface area contributed by atoms with Crippen LogP contribution in [-0.4, -0.2) is 36.9 Å². The minimum atomic E-state index is 0.714. The normalized spacial score (nSPS) is 14.5. The van der Waals surface area contributed by atoms with Gasteiger partial charge in [-0.3, -0.25) is 0 Å². The van der Waals surface area contributed by atoms with Crippen molar-refractivity contribution in [2.24, 2.45) is 0 Å². The average molecular weight is 246 g/mol. The van der Waals surface area contributed by atoms with Crippen molar-refractivity contribution < 1.29 is 0 Å². The van der Waals surface area contributed by atoms with Gasteiger partial charge in [0.15, 0.2) is 5.11 Å². The van der Waals surface area contributed by atoms with Crippen LogP contribution < -0.4 is 21.3 Å². The first-order chi connectivity index (χ1) is 7.24. The zero-order valence-corrected chi connectivity index (χ0v) is 10.8. The molecule has 15 heavy (non-hydrogen) atoms. The van der Waals surface area contributed by atoms with E-state index in [0.29, 0.717) is 5.11 Å². The van der Waals surface area contributed by atoms with Crippen molar-refractivity contribution in [3.8, 4) is 0 Å². The predicted octanol–water partition coefficient (Wildman–Crippen LogP) is 0.195. The van der Waals surface area contributed by atoms with E-state index in [0.717, 1.165) is 24.7 Å². The fourth-order valence-electron chi connectivity index (χ4n) is 1.18. The van der Waals surface area contributed by atoms with Crippen LogP contribution in [0.2, 0.25) is 0 Å². The number of rotatable bonds is 5. The summed E-state index contributed by atoms with van der Waals surface area (Å²) in [5.74, 6) is 2.09. The number of allylic oxidation sites excluding steroid dienone is 1. The lowest BCUT2D eigenvalue weighted by Gasteiger charge is -2.07. The van der Waals surface area contributed by atoms with Crippen LogP contribution in [0.5, 0.6) is 0 Å². The van der Waals surface area contributed by atoms with Crippen LogP contribution in [0, 0.1) is 0 Å². The largest absolute Gasteiger partial charge is 0.370 e. The standard InChI is InChI=1S/C9H18N4S2/c1-7-8(13-6-12-7)5-15-4-3-11-9(14)10-2/h12-13H,3-6H2,1-2H3,(H2,10,11,14). The van der Waals surface area contributed by atoms with Crippen molar-refractivity contribution in [3.63, 3.8) is 0 Å². The second-order valence-corrected chi connectivity index (χ2v) is 4.71. The van der Waals surface area contributed by atoms with Gasteiger partial charge in [0.1, 0.15) is 0 Å². The maximum Gasteiger partial charge on any atom is 0.166 e. The Morgan fingerprint density at radius 3 is 2.93 bits per heavy atom. The van der Waals surface area contributed by atoms with Gasteiger partial charge < -0.3 is 21.3 Å². The first kappa shape index (κ1) is 12.4. The van der Waals surface area contributed by atoms with Crippen molar-refractivity contribution in [2.75, 3.05) is 31.8 Å². The zero-order chi connectivity index (χ0) is 11.1. The summed E-state index contributed by atoms with van der Waals surface area (Å²) in [6.07, 6.45) is 0. The van der Waals surface area contributed by atoms with E-state index in [4.69, 9.17) is 12.2 Å². The van der Waals surface area contributed by atoms with Gasteiger partial charge in [0.25, 0.3) is 0 Å². The van der Waals surface area contributed by atoms with Gasteiger partial charge in [-0.05, 0) is 19.1 Å². The van der Waals surface area contributed by atoms with Gasteiger partial charge in [-0.25, -0.2) is 0 Å². The molecule has 0 atom stereocenters. The topological polar surface area (TPSA) is 48.1 Å². The molecule has 0 aromatic rings. The maximum atomic E-state index is 4.97. The number of hydrogen-bond acceptors (Lipinski definition) is 4. The Kier molecular flexibility index (Phi) is 5.63. The SMILES string of the molecule is CNC(=S)NCCSCC1=C(C)NCN1. The Labute approximate surface area is 101 Å². The van der Waals surface area contributed by atoms with Crippen LogP contribution in [0.15, 0.2) is 11.4 Å². The van der Waals surface area contributed by atoms with Crippen molar-refractivity contribution in [1.82, 2.24) is 21.3 Å². The smallest absolute Gasteiger partial charge is 0.166 e. The van der Waals surface area contributed by atoms with E-state index in [1.807, 2.05) is 18.8 Å². The molecule has 86 valence electrons. The van der Waals surface area contributed by atoms with Gasteiger partial charge in [0.05, 0.1) is 6.67 Å². The van der Waals surface area contributed by atoms with Gasteiger partial charge in [-0.2, -0.15) is 11.8 Å². The van der Waals surface area contributed by atoms with Gasteiger partial charge in [0, 0.05) is 36.5 Å². The zero-order valence-electron chi connectivity index (χ0n) is 9.14. The number of nitrogens with one attached hydrogen (secondary N) is 4. The van der Waals surface area contributed by atoms with Crippen molar-refractivity contribution in [3.05, 3.63) is 11.4 Å². The van der Waals surface area contributed by atoms with Crippen LogP contribution in [0.3, 0.4) is 0 Å². The minimum Gasteiger partial charge on any atom is -0.370 e. The number of thioether (sulfide) groups is 1. The molecule has 0 saturated carbocycles. The summed E-state index contributed by atoms with van der Waals surface area (Å²) in [5.41, 5.74) is 2.58. The minimum absolute atomic E-state index is 0.714. The van der Waals surface area contributed by atoms with Crippen LogP contribution >= 0.6 is 24.0 Å². The molecule has 4 N–H and O–H groups in total. The lowest BCUT2D eigenvalue weighted by Crippen LogP contribution is -2.33. The van der Waals surface area contributed by atoms with Crippen LogP contribution in [0.1, 0.15) is 6.92 Å². The third kappa shape index (κ3) is 4.61. The van der Waals surface area contributed by atoms with Gasteiger partial charge in [0.2, 0.25) is 0 Å². The molecule has 0 fully saturated rings. The first-order valence-electron chi connectivity index (χ1n) is 4.95. The van der Waals surface area contributed by atoms with E-state index >= 15 is 0 Å². The molecule has 4 nitrogen and oxygen atoms in total. The third-order valence-corrected chi connectivity index (χ3v) is 3.45. The lowest BCUT2D eigenvalue weighted by atomic mass is 10.4.